The third-order valence-electron chi connectivity index (χ3n) is 8.00. The number of fused-ring (bicyclic) bond motifs is 1. The number of halogens is 3. The molecule has 0 bridgehead atoms. The number of carbonyl (C=O) groups excluding carboxylic acids is 1. The number of aromatic nitrogens is 1. The zero-order valence-electron chi connectivity index (χ0n) is 22.6. The molecule has 0 saturated heterocycles. The lowest BCUT2D eigenvalue weighted by molar-refractivity contribution is -0.137. The van der Waals surface area contributed by atoms with Crippen molar-refractivity contribution in [2.75, 3.05) is 6.54 Å². The van der Waals surface area contributed by atoms with Gasteiger partial charge in [0.1, 0.15) is 5.60 Å². The SMILES string of the molecule is CCC.Cc1ncc(C2(O)CCC(NC3CCC(C(=O)N4CCc5ccc(C(F)(F)F)cc5C4)C3)CC2)s1. The van der Waals surface area contributed by atoms with Crippen LogP contribution in [0.4, 0.5) is 13.2 Å². The van der Waals surface area contributed by atoms with Crippen LogP contribution in [0.25, 0.3) is 0 Å². The van der Waals surface area contributed by atoms with Gasteiger partial charge in [0.15, 0.2) is 0 Å². The van der Waals surface area contributed by atoms with Crippen molar-refractivity contribution in [2.24, 2.45) is 5.92 Å². The van der Waals surface area contributed by atoms with Crippen LogP contribution in [0.1, 0.15) is 91.8 Å². The van der Waals surface area contributed by atoms with E-state index in [9.17, 15) is 23.1 Å². The molecule has 2 fully saturated rings. The maximum absolute atomic E-state index is 13.2. The molecule has 2 saturated carbocycles. The Hall–Kier alpha value is -1.97. The Labute approximate surface area is 227 Å². The number of amides is 1. The molecule has 1 aromatic heterocycles. The molecule has 2 aliphatic carbocycles. The highest BCUT2D eigenvalue weighted by Gasteiger charge is 2.39. The summed E-state index contributed by atoms with van der Waals surface area (Å²) in [6.07, 6.45) is 4.93. The normalized spacial score (nSPS) is 27.4. The Balaban J connectivity index is 0.00000107. The van der Waals surface area contributed by atoms with E-state index in [2.05, 4.69) is 24.1 Å². The quantitative estimate of drug-likeness (QED) is 0.464. The number of carbonyl (C=O) groups is 1. The first kappa shape index (κ1) is 29.0. The number of rotatable bonds is 4. The molecule has 1 aromatic carbocycles. The second kappa shape index (κ2) is 12.0. The summed E-state index contributed by atoms with van der Waals surface area (Å²) in [7, 11) is 0. The third-order valence-corrected chi connectivity index (χ3v) is 9.11. The van der Waals surface area contributed by atoms with Gasteiger partial charge in [-0.25, -0.2) is 4.98 Å². The molecule has 9 heteroatoms. The number of thiazole rings is 1. The van der Waals surface area contributed by atoms with Crippen LogP contribution < -0.4 is 5.32 Å². The highest BCUT2D eigenvalue weighted by Crippen LogP contribution is 2.40. The van der Waals surface area contributed by atoms with Gasteiger partial charge in [0, 0.05) is 37.3 Å². The van der Waals surface area contributed by atoms with Crippen LogP contribution in [0.5, 0.6) is 0 Å². The highest BCUT2D eigenvalue weighted by atomic mass is 32.1. The summed E-state index contributed by atoms with van der Waals surface area (Å²) in [5.41, 5.74) is 0.0756. The van der Waals surface area contributed by atoms with Gasteiger partial charge in [0.25, 0.3) is 0 Å². The van der Waals surface area contributed by atoms with E-state index in [0.717, 1.165) is 53.6 Å². The van der Waals surface area contributed by atoms with Crippen molar-refractivity contribution in [3.8, 4) is 0 Å². The van der Waals surface area contributed by atoms with Crippen LogP contribution in [0.2, 0.25) is 0 Å². The summed E-state index contributed by atoms with van der Waals surface area (Å²) in [6.45, 7) is 7.01. The van der Waals surface area contributed by atoms with E-state index in [1.54, 1.807) is 28.5 Å². The van der Waals surface area contributed by atoms with E-state index in [0.29, 0.717) is 37.4 Å². The number of hydrogen-bond donors (Lipinski definition) is 2. The summed E-state index contributed by atoms with van der Waals surface area (Å²) < 4.78 is 39.4. The second-order valence-corrected chi connectivity index (χ2v) is 12.4. The summed E-state index contributed by atoms with van der Waals surface area (Å²) in [4.78, 5) is 20.2. The predicted molar refractivity (Wildman–Crippen MR) is 144 cm³/mol. The van der Waals surface area contributed by atoms with E-state index in [1.165, 1.54) is 12.5 Å². The minimum atomic E-state index is -4.37. The van der Waals surface area contributed by atoms with Gasteiger partial charge >= 0.3 is 6.18 Å². The van der Waals surface area contributed by atoms with Crippen LogP contribution in [0, 0.1) is 12.8 Å². The van der Waals surface area contributed by atoms with Crippen molar-refractivity contribution in [3.05, 3.63) is 51.0 Å². The summed E-state index contributed by atoms with van der Waals surface area (Å²) in [5.74, 6) is -0.0171. The molecule has 1 amide bonds. The van der Waals surface area contributed by atoms with E-state index in [1.807, 2.05) is 6.92 Å². The maximum atomic E-state index is 13.2. The summed E-state index contributed by atoms with van der Waals surface area (Å²) in [5, 5.41) is 15.7. The monoisotopic (exact) mass is 551 g/mol. The fourth-order valence-corrected chi connectivity index (χ4v) is 6.88. The predicted octanol–water partition coefficient (Wildman–Crippen LogP) is 6.36. The molecular weight excluding hydrogens is 511 g/mol. The fraction of sp³-hybridized carbons (Fsp3) is 0.655. The zero-order valence-corrected chi connectivity index (χ0v) is 23.4. The average Bonchev–Trinajstić information content (AvgIpc) is 3.54. The van der Waals surface area contributed by atoms with Gasteiger partial charge in [0.05, 0.1) is 15.4 Å². The molecule has 3 aliphatic rings. The van der Waals surface area contributed by atoms with E-state index in [4.69, 9.17) is 0 Å². The second-order valence-electron chi connectivity index (χ2n) is 11.1. The molecule has 0 spiro atoms. The van der Waals surface area contributed by atoms with Gasteiger partial charge in [-0.3, -0.25) is 4.79 Å². The van der Waals surface area contributed by atoms with E-state index >= 15 is 0 Å². The summed E-state index contributed by atoms with van der Waals surface area (Å²) >= 11 is 1.56. The Kier molecular flexibility index (Phi) is 9.20. The van der Waals surface area contributed by atoms with Gasteiger partial charge in [-0.05, 0) is 81.5 Å². The number of aliphatic hydroxyl groups is 1. The lowest BCUT2D eigenvalue weighted by atomic mass is 9.81. The van der Waals surface area contributed by atoms with Crippen molar-refractivity contribution in [2.45, 2.75) is 109 Å². The standard InChI is InChI=1S/C26H32F3N3O2S.C3H8/c1-16-30-14-23(35-16)25(34)9-6-21(7-10-25)31-22-5-3-18(13-22)24(33)32-11-8-17-2-4-20(26(27,28)29)12-19(17)15-32;1-3-2/h2,4,12,14,18,21-22,31,34H,3,5-11,13,15H2,1H3;3H2,1-2H3. The smallest absolute Gasteiger partial charge is 0.384 e. The fourth-order valence-electron chi connectivity index (χ4n) is 5.96. The van der Waals surface area contributed by atoms with Crippen LogP contribution >= 0.6 is 11.3 Å². The number of nitrogens with one attached hydrogen (secondary N) is 1. The lowest BCUT2D eigenvalue weighted by Crippen LogP contribution is -2.43. The van der Waals surface area contributed by atoms with Crippen LogP contribution in [0.3, 0.4) is 0 Å². The number of nitrogens with zero attached hydrogens (tertiary/aromatic N) is 2. The first-order valence-corrected chi connectivity index (χ1v) is 14.7. The first-order valence-electron chi connectivity index (χ1n) is 13.9. The minimum Gasteiger partial charge on any atom is -0.384 e. The molecule has 0 radical (unpaired) electrons. The molecule has 210 valence electrons. The van der Waals surface area contributed by atoms with Crippen LogP contribution in [0.15, 0.2) is 24.4 Å². The summed E-state index contributed by atoms with van der Waals surface area (Å²) in [6, 6.07) is 4.47. The van der Waals surface area contributed by atoms with Gasteiger partial charge in [-0.2, -0.15) is 13.2 Å². The van der Waals surface area contributed by atoms with Crippen molar-refractivity contribution >= 4 is 17.2 Å². The molecule has 5 rings (SSSR count). The van der Waals surface area contributed by atoms with E-state index in [-0.39, 0.29) is 24.4 Å². The Morgan fingerprint density at radius 3 is 2.50 bits per heavy atom. The lowest BCUT2D eigenvalue weighted by Gasteiger charge is -2.36. The van der Waals surface area contributed by atoms with Crippen LogP contribution in [-0.2, 0) is 29.5 Å². The molecule has 2 aromatic rings. The topological polar surface area (TPSA) is 65.5 Å². The average molecular weight is 552 g/mol. The zero-order chi connectivity index (χ0) is 27.5. The Bertz CT molecular complexity index is 1090. The molecule has 2 N–H and O–H groups in total. The molecule has 2 atom stereocenters. The first-order chi connectivity index (χ1) is 18.0. The van der Waals surface area contributed by atoms with Crippen molar-refractivity contribution in [3.63, 3.8) is 0 Å². The van der Waals surface area contributed by atoms with Gasteiger partial charge in [-0.15, -0.1) is 11.3 Å². The molecule has 1 aliphatic heterocycles. The number of benzene rings is 1. The van der Waals surface area contributed by atoms with Crippen molar-refractivity contribution in [1.82, 2.24) is 15.2 Å². The molecule has 2 heterocycles. The van der Waals surface area contributed by atoms with Gasteiger partial charge < -0.3 is 15.3 Å². The van der Waals surface area contributed by atoms with Crippen molar-refractivity contribution < 1.29 is 23.1 Å². The van der Waals surface area contributed by atoms with E-state index < -0.39 is 17.3 Å². The van der Waals surface area contributed by atoms with Crippen molar-refractivity contribution in [1.29, 1.82) is 0 Å². The molecular formula is C29H40F3N3O2S. The highest BCUT2D eigenvalue weighted by molar-refractivity contribution is 7.11. The van der Waals surface area contributed by atoms with Gasteiger partial charge in [0.2, 0.25) is 5.91 Å². The maximum Gasteiger partial charge on any atom is 0.416 e. The number of hydrogen-bond acceptors (Lipinski definition) is 5. The molecule has 5 nitrogen and oxygen atoms in total. The molecule has 2 unspecified atom stereocenters. The van der Waals surface area contributed by atoms with Crippen LogP contribution in [-0.4, -0.2) is 39.5 Å². The largest absolute Gasteiger partial charge is 0.416 e. The Morgan fingerprint density at radius 2 is 1.87 bits per heavy atom. The Morgan fingerprint density at radius 1 is 1.16 bits per heavy atom. The number of aryl methyl sites for hydroxylation is 1. The van der Waals surface area contributed by atoms with Gasteiger partial charge in [-0.1, -0.05) is 26.3 Å². The molecule has 38 heavy (non-hydrogen) atoms. The number of alkyl halides is 3. The third kappa shape index (κ3) is 6.77. The minimum absolute atomic E-state index is 0.0657.